The van der Waals surface area contributed by atoms with Crippen LogP contribution in [0.15, 0.2) is 43.1 Å². The van der Waals surface area contributed by atoms with Crippen molar-refractivity contribution in [2.24, 2.45) is 5.41 Å². The Hall–Kier alpha value is -3.35. The number of nitrogens with one attached hydrogen (secondary N) is 3. The number of carbonyl (C=O) groups is 2. The first-order valence-corrected chi connectivity index (χ1v) is 24.4. The molecule has 5 rings (SSSR count). The van der Waals surface area contributed by atoms with E-state index >= 15 is 0 Å². The lowest BCUT2D eigenvalue weighted by Gasteiger charge is -2.30. The van der Waals surface area contributed by atoms with E-state index in [1.54, 1.807) is 11.8 Å². The third kappa shape index (κ3) is 13.8. The van der Waals surface area contributed by atoms with Gasteiger partial charge in [0.25, 0.3) is 0 Å². The van der Waals surface area contributed by atoms with Gasteiger partial charge in [-0.1, -0.05) is 32.0 Å². The number of imidazole rings is 1. The first kappa shape index (κ1) is 48.7. The highest BCUT2D eigenvalue weighted by molar-refractivity contribution is 7.99. The molecule has 338 valence electrons. The number of amides is 2. The van der Waals surface area contributed by atoms with Crippen molar-refractivity contribution in [1.29, 1.82) is 0 Å². The van der Waals surface area contributed by atoms with E-state index in [1.165, 1.54) is 24.8 Å². The Kier molecular flexibility index (Phi) is 16.7. The molecule has 0 aliphatic carbocycles. The van der Waals surface area contributed by atoms with Gasteiger partial charge < -0.3 is 55.9 Å². The third-order valence-electron chi connectivity index (χ3n) is 9.31. The molecule has 11 N–H and O–H groups in total. The summed E-state index contributed by atoms with van der Waals surface area (Å²) in [5, 5.41) is 27.9. The number of hydrogen-bond acceptors (Lipinski definition) is 17. The van der Waals surface area contributed by atoms with Crippen LogP contribution in [0.5, 0.6) is 0 Å². The van der Waals surface area contributed by atoms with Crippen molar-refractivity contribution >= 4 is 74.9 Å². The van der Waals surface area contributed by atoms with E-state index < -0.39 is 78.6 Å². The number of benzene rings is 1. The van der Waals surface area contributed by atoms with Gasteiger partial charge in [-0.25, -0.2) is 28.6 Å². The van der Waals surface area contributed by atoms with Crippen molar-refractivity contribution < 1.29 is 75.7 Å². The molecule has 4 heterocycles. The second kappa shape index (κ2) is 20.9. The minimum atomic E-state index is -5.56. The topological polar surface area (TPSA) is 362 Å². The summed E-state index contributed by atoms with van der Waals surface area (Å²) in [6, 6.07) is 8.17. The number of fused-ring (bicyclic) bond motifs is 2. The second-order valence-corrected chi connectivity index (χ2v) is 20.0. The monoisotopic (exact) mass is 938 g/mol. The zero-order valence-electron chi connectivity index (χ0n) is 32.9. The number of anilines is 1. The van der Waals surface area contributed by atoms with Gasteiger partial charge in [0.15, 0.2) is 17.7 Å². The average molecular weight is 939 g/mol. The second-order valence-electron chi connectivity index (χ2n) is 14.5. The van der Waals surface area contributed by atoms with Crippen LogP contribution in [0, 0.1) is 5.41 Å². The van der Waals surface area contributed by atoms with Crippen LogP contribution in [0.3, 0.4) is 0 Å². The van der Waals surface area contributed by atoms with E-state index in [-0.39, 0.29) is 35.9 Å². The number of nitrogens with two attached hydrogens (primary N) is 1. The third-order valence-corrected chi connectivity index (χ3v) is 13.5. The number of ether oxygens (including phenoxy) is 1. The largest absolute Gasteiger partial charge is 0.481 e. The van der Waals surface area contributed by atoms with Crippen molar-refractivity contribution in [2.45, 2.75) is 70.2 Å². The highest BCUT2D eigenvalue weighted by atomic mass is 32.2. The maximum absolute atomic E-state index is 12.7. The lowest BCUT2D eigenvalue weighted by Crippen LogP contribution is -2.46. The van der Waals surface area contributed by atoms with Gasteiger partial charge in [0, 0.05) is 47.8 Å². The molecule has 0 radical (unpaired) electrons. The Morgan fingerprint density at radius 2 is 1.77 bits per heavy atom. The fourth-order valence-corrected chi connectivity index (χ4v) is 9.85. The maximum Gasteiger partial charge on any atom is 0.481 e. The van der Waals surface area contributed by atoms with Crippen LogP contribution >= 0.6 is 35.2 Å². The number of phosphoric acid groups is 3. The van der Waals surface area contributed by atoms with E-state index in [2.05, 4.69) is 45.5 Å². The number of thioether (sulfide) groups is 1. The van der Waals surface area contributed by atoms with Gasteiger partial charge >= 0.3 is 23.5 Å². The van der Waals surface area contributed by atoms with Crippen LogP contribution in [0.2, 0.25) is 0 Å². The highest BCUT2D eigenvalue weighted by Gasteiger charge is 2.50. The quantitative estimate of drug-likeness (QED) is 0.0352. The van der Waals surface area contributed by atoms with Crippen molar-refractivity contribution in [3.8, 4) is 0 Å². The van der Waals surface area contributed by atoms with Gasteiger partial charge in [0.05, 0.1) is 19.5 Å². The molecule has 3 aromatic heterocycles. The first-order valence-electron chi connectivity index (χ1n) is 18.7. The molecule has 4 aromatic rings. The molecule has 1 aliphatic heterocycles. The number of hydrogen-bond donors (Lipinski definition) is 10. The van der Waals surface area contributed by atoms with Crippen molar-refractivity contribution in [3.63, 3.8) is 0 Å². The summed E-state index contributed by atoms with van der Waals surface area (Å²) in [6.45, 7) is 0.886. The van der Waals surface area contributed by atoms with Crippen molar-refractivity contribution in [1.82, 2.24) is 35.1 Å². The molecule has 24 nitrogen and oxygen atoms in total. The zero-order valence-corrected chi connectivity index (χ0v) is 36.4. The van der Waals surface area contributed by atoms with Crippen molar-refractivity contribution in [3.05, 3.63) is 48.7 Å². The number of H-pyrrole nitrogens is 1. The molecule has 61 heavy (non-hydrogen) atoms. The number of nitrogen functional groups attached to an aromatic ring is 1. The van der Waals surface area contributed by atoms with Crippen LogP contribution in [-0.4, -0.2) is 128 Å². The van der Waals surface area contributed by atoms with Gasteiger partial charge in [0.2, 0.25) is 11.8 Å². The molecule has 3 unspecified atom stereocenters. The molecule has 1 saturated heterocycles. The fraction of sp³-hybridized carbons (Fsp3) is 0.545. The number of aryl methyl sites for hydroxylation is 1. The Balaban J connectivity index is 0.996. The van der Waals surface area contributed by atoms with Crippen molar-refractivity contribution in [2.75, 3.05) is 43.5 Å². The first-order chi connectivity index (χ1) is 28.7. The molecule has 1 aliphatic rings. The van der Waals surface area contributed by atoms with Crippen LogP contribution in [0.25, 0.3) is 22.1 Å². The number of unbranched alkanes of at least 4 members (excludes halogenated alkanes) is 1. The van der Waals surface area contributed by atoms with Gasteiger partial charge in [-0.2, -0.15) is 16.1 Å². The zero-order chi connectivity index (χ0) is 44.6. The maximum atomic E-state index is 12.7. The van der Waals surface area contributed by atoms with Crippen LogP contribution in [0.1, 0.15) is 44.9 Å². The molecule has 0 spiro atoms. The molecule has 1 fully saturated rings. The van der Waals surface area contributed by atoms with E-state index in [9.17, 15) is 53.1 Å². The standard InChI is InChI=1S/C33H49N8O16P3S/c1-33(2,28(44)31(45)36-11-10-24(42)35-12-14-61-13-6-5-7-20-15-37-22-9-4-3-8-21(20)22)17-54-60(51,52)57-59(49,50)53-16-23-27(56-58(46,47)48)26(43)32(55-23)41-19-40-25-29(34)38-18-39-30(25)41/h3-4,8-9,15,18-19,23,26-28,32,37,43-44H,5-7,10-14,16-17H2,1-2H3,(H,35,42)(H,36,45)(H,49,50)(H,51,52)(H2,34,38,39)(H2,46,47,48)/t23-,26+,27-,28+,32?/m1/s1. The molecular weight excluding hydrogens is 889 g/mol. The summed E-state index contributed by atoms with van der Waals surface area (Å²) in [6.07, 6.45) is -1.65. The summed E-state index contributed by atoms with van der Waals surface area (Å²) >= 11 is 1.72. The number of nitrogens with zero attached hydrogens (tertiary/aromatic N) is 4. The molecule has 7 atom stereocenters. The Morgan fingerprint density at radius 1 is 1.03 bits per heavy atom. The van der Waals surface area contributed by atoms with Gasteiger partial charge in [-0.05, 0) is 36.6 Å². The highest BCUT2D eigenvalue weighted by Crippen LogP contribution is 2.61. The van der Waals surface area contributed by atoms with Gasteiger partial charge in [0.1, 0.15) is 36.3 Å². The number of aromatic amines is 1. The summed E-state index contributed by atoms with van der Waals surface area (Å²) in [5.41, 5.74) is 6.74. The SMILES string of the molecule is CC(C)(COP(=O)(O)OP(=O)(O)OC[C@H]1OC(n2cnc3c(N)ncnc32)[C@@H](O)[C@@H]1OP(=O)(O)O)[C@@H](O)C(=O)NCCC(=O)NCCSCCCCc1c[nH]c2ccccc12. The van der Waals surface area contributed by atoms with Gasteiger partial charge in [-0.15, -0.1) is 0 Å². The fourth-order valence-electron chi connectivity index (χ4n) is 6.16. The Bertz CT molecular complexity index is 2280. The number of para-hydroxylation sites is 1. The smallest absolute Gasteiger partial charge is 0.386 e. The minimum Gasteiger partial charge on any atom is -0.386 e. The molecule has 1 aromatic carbocycles. The van der Waals surface area contributed by atoms with E-state index in [0.717, 1.165) is 47.8 Å². The lowest BCUT2D eigenvalue weighted by molar-refractivity contribution is -0.137. The molecule has 2 amide bonds. The lowest BCUT2D eigenvalue weighted by atomic mass is 9.87. The molecule has 0 saturated carbocycles. The summed E-state index contributed by atoms with van der Waals surface area (Å²) < 4.78 is 62.4. The summed E-state index contributed by atoms with van der Waals surface area (Å²) in [7, 11) is -16.4. The predicted molar refractivity (Wildman–Crippen MR) is 218 cm³/mol. The molecule has 28 heteroatoms. The van der Waals surface area contributed by atoms with Crippen LogP contribution in [-0.2, 0) is 52.3 Å². The number of phosphoric ester groups is 3. The van der Waals surface area contributed by atoms with E-state index in [1.807, 2.05) is 24.4 Å². The number of aliphatic hydroxyl groups excluding tert-OH is 2. The van der Waals surface area contributed by atoms with Crippen LogP contribution in [0.4, 0.5) is 5.82 Å². The summed E-state index contributed by atoms with van der Waals surface area (Å²) in [5.74, 6) is 0.364. The van der Waals surface area contributed by atoms with Crippen LogP contribution < -0.4 is 16.4 Å². The number of carbonyl (C=O) groups excluding carboxylic acids is 2. The van der Waals surface area contributed by atoms with E-state index in [4.69, 9.17) is 19.5 Å². The van der Waals surface area contributed by atoms with Gasteiger partial charge in [-0.3, -0.25) is 27.7 Å². The summed E-state index contributed by atoms with van der Waals surface area (Å²) in [4.78, 5) is 79.3. The number of rotatable bonds is 24. The Labute approximate surface area is 352 Å². The minimum absolute atomic E-state index is 0.0355. The predicted octanol–water partition coefficient (Wildman–Crippen LogP) is 1.64. The number of aromatic nitrogens is 5. The normalized spacial score (nSPS) is 21.0. The average Bonchev–Trinajstić information content (AvgIpc) is 3.89. The Morgan fingerprint density at radius 3 is 2.52 bits per heavy atom. The number of aliphatic hydroxyl groups is 2. The molecule has 0 bridgehead atoms. The molecular formula is C33H49N8O16P3S. The van der Waals surface area contributed by atoms with E-state index in [0.29, 0.717) is 12.3 Å².